The van der Waals surface area contributed by atoms with Gasteiger partial charge in [0.25, 0.3) is 0 Å². The molecule has 0 saturated heterocycles. The molecule has 0 aliphatic rings. The number of carbonyl (C=O) groups is 1. The van der Waals surface area contributed by atoms with Gasteiger partial charge in [0.15, 0.2) is 0 Å². The Balaban J connectivity index is 2.04. The number of benzene rings is 1. The Morgan fingerprint density at radius 3 is 2.80 bits per heavy atom. The van der Waals surface area contributed by atoms with Crippen molar-refractivity contribution in [2.24, 2.45) is 0 Å². The Labute approximate surface area is 126 Å². The zero-order valence-electron chi connectivity index (χ0n) is 11.1. The number of esters is 1. The molecule has 0 bridgehead atoms. The van der Waals surface area contributed by atoms with Gasteiger partial charge < -0.3 is 0 Å². The molecular formula is C15H14AsNO3. The molecule has 0 aliphatic carbocycles. The van der Waals surface area contributed by atoms with E-state index in [0.29, 0.717) is 12.8 Å². The molecule has 0 atom stereocenters. The van der Waals surface area contributed by atoms with Crippen LogP contribution in [0.25, 0.3) is 0 Å². The van der Waals surface area contributed by atoms with Gasteiger partial charge in [-0.2, -0.15) is 0 Å². The quantitative estimate of drug-likeness (QED) is 0.619. The van der Waals surface area contributed by atoms with E-state index in [0.717, 1.165) is 21.5 Å². The molecule has 0 saturated carbocycles. The molecule has 0 aliphatic heterocycles. The molecule has 20 heavy (non-hydrogen) atoms. The van der Waals surface area contributed by atoms with Crippen molar-refractivity contribution in [3.63, 3.8) is 0 Å². The van der Waals surface area contributed by atoms with E-state index in [1.54, 1.807) is 12.3 Å². The summed E-state index contributed by atoms with van der Waals surface area (Å²) >= 11 is 2.38. The zero-order chi connectivity index (χ0) is 14.4. The average molecular weight is 331 g/mol. The SMILES string of the molecule is COC(=O)CCc1cccc(Oc2ccnc([As])c2)c1. The number of ether oxygens (including phenoxy) is 2. The number of rotatable bonds is 5. The average Bonchev–Trinajstić information content (AvgIpc) is 2.45. The van der Waals surface area contributed by atoms with E-state index in [2.05, 4.69) is 26.6 Å². The number of carbonyl (C=O) groups excluding carboxylic acids is 1. The van der Waals surface area contributed by atoms with E-state index in [1.165, 1.54) is 7.11 Å². The maximum atomic E-state index is 11.1. The van der Waals surface area contributed by atoms with E-state index in [1.807, 2.05) is 30.3 Å². The van der Waals surface area contributed by atoms with Crippen molar-refractivity contribution >= 4 is 27.3 Å². The first-order valence-electron chi connectivity index (χ1n) is 6.16. The molecule has 1 heterocycles. The van der Waals surface area contributed by atoms with Crippen LogP contribution < -0.4 is 9.22 Å². The molecule has 2 radical (unpaired) electrons. The van der Waals surface area contributed by atoms with E-state index in [-0.39, 0.29) is 5.97 Å². The number of aromatic nitrogens is 1. The summed E-state index contributed by atoms with van der Waals surface area (Å²) in [6.45, 7) is 0. The van der Waals surface area contributed by atoms with Gasteiger partial charge in [0.2, 0.25) is 0 Å². The predicted octanol–water partition coefficient (Wildman–Crippen LogP) is 1.77. The van der Waals surface area contributed by atoms with Crippen molar-refractivity contribution in [1.29, 1.82) is 0 Å². The van der Waals surface area contributed by atoms with Gasteiger partial charge in [-0.25, -0.2) is 0 Å². The Kier molecular flexibility index (Phi) is 5.19. The normalized spacial score (nSPS) is 10.1. The second-order valence-electron chi connectivity index (χ2n) is 4.18. The van der Waals surface area contributed by atoms with Gasteiger partial charge >= 0.3 is 126 Å². The van der Waals surface area contributed by atoms with E-state index < -0.39 is 0 Å². The monoisotopic (exact) mass is 331 g/mol. The molecular weight excluding hydrogens is 317 g/mol. The van der Waals surface area contributed by atoms with Crippen LogP contribution in [0, 0.1) is 0 Å². The summed E-state index contributed by atoms with van der Waals surface area (Å²) in [4.78, 5) is 15.2. The van der Waals surface area contributed by atoms with E-state index in [4.69, 9.17) is 4.74 Å². The predicted molar refractivity (Wildman–Crippen MR) is 76.5 cm³/mol. The summed E-state index contributed by atoms with van der Waals surface area (Å²) in [5, 5.41) is 0. The Hall–Kier alpha value is -1.80. The summed E-state index contributed by atoms with van der Waals surface area (Å²) < 4.78 is 11.2. The molecule has 1 aromatic heterocycles. The second kappa shape index (κ2) is 7.11. The van der Waals surface area contributed by atoms with Crippen LogP contribution in [0.4, 0.5) is 0 Å². The fraction of sp³-hybridized carbons (Fsp3) is 0.200. The molecule has 0 fully saturated rings. The first-order chi connectivity index (χ1) is 9.67. The Morgan fingerprint density at radius 2 is 2.05 bits per heavy atom. The van der Waals surface area contributed by atoms with Gasteiger partial charge in [-0.1, -0.05) is 0 Å². The fourth-order valence-corrected chi connectivity index (χ4v) is 2.12. The summed E-state index contributed by atoms with van der Waals surface area (Å²) in [5.41, 5.74) is 1.04. The third kappa shape index (κ3) is 4.39. The fourth-order valence-electron chi connectivity index (χ4n) is 1.71. The van der Waals surface area contributed by atoms with Crippen LogP contribution in [0.1, 0.15) is 12.0 Å². The van der Waals surface area contributed by atoms with Crippen LogP contribution in [-0.4, -0.2) is 34.9 Å². The van der Waals surface area contributed by atoms with Gasteiger partial charge in [0, 0.05) is 0 Å². The minimum absolute atomic E-state index is 0.209. The molecule has 1 aromatic carbocycles. The first-order valence-corrected chi connectivity index (χ1v) is 7.10. The summed E-state index contributed by atoms with van der Waals surface area (Å²) in [6, 6.07) is 11.3. The molecule has 5 heteroatoms. The van der Waals surface area contributed by atoms with Crippen LogP contribution in [0.15, 0.2) is 42.6 Å². The van der Waals surface area contributed by atoms with E-state index >= 15 is 0 Å². The molecule has 102 valence electrons. The molecule has 0 amide bonds. The van der Waals surface area contributed by atoms with Gasteiger partial charge in [0.1, 0.15) is 0 Å². The van der Waals surface area contributed by atoms with E-state index in [9.17, 15) is 4.79 Å². The number of nitrogens with zero attached hydrogens (tertiary/aromatic N) is 1. The molecule has 4 nitrogen and oxygen atoms in total. The standard InChI is InChI=1S/C15H14AsNO3/c1-19-15(18)6-5-11-3-2-4-12(9-11)20-13-7-8-17-14(16)10-13/h2-4,7-10H,5-6H2,1H3. The van der Waals surface area contributed by atoms with Crippen LogP contribution in [0.2, 0.25) is 0 Å². The molecule has 0 spiro atoms. The zero-order valence-corrected chi connectivity index (χ0v) is 13.0. The number of aryl methyl sites for hydroxylation is 1. The number of hydrogen-bond acceptors (Lipinski definition) is 4. The number of methoxy groups -OCH3 is 1. The first kappa shape index (κ1) is 14.6. The molecule has 2 rings (SSSR count). The van der Waals surface area contributed by atoms with Crippen molar-refractivity contribution in [2.45, 2.75) is 12.8 Å². The van der Waals surface area contributed by atoms with Crippen molar-refractivity contribution in [3.8, 4) is 11.5 Å². The molecule has 0 N–H and O–H groups in total. The van der Waals surface area contributed by atoms with Crippen LogP contribution in [0.5, 0.6) is 11.5 Å². The Morgan fingerprint density at radius 1 is 1.25 bits per heavy atom. The van der Waals surface area contributed by atoms with Gasteiger partial charge in [-0.3, -0.25) is 0 Å². The maximum absolute atomic E-state index is 11.1. The minimum atomic E-state index is -0.209. The van der Waals surface area contributed by atoms with Gasteiger partial charge in [-0.05, 0) is 0 Å². The molecule has 0 unspecified atom stereocenters. The van der Waals surface area contributed by atoms with Crippen LogP contribution >= 0.6 is 0 Å². The third-order valence-electron chi connectivity index (χ3n) is 2.70. The third-order valence-corrected chi connectivity index (χ3v) is 3.21. The summed E-state index contributed by atoms with van der Waals surface area (Å²) in [7, 11) is 1.39. The van der Waals surface area contributed by atoms with Gasteiger partial charge in [-0.15, -0.1) is 0 Å². The summed E-state index contributed by atoms with van der Waals surface area (Å²) in [6.07, 6.45) is 2.70. The van der Waals surface area contributed by atoms with Crippen molar-refractivity contribution in [1.82, 2.24) is 4.98 Å². The summed E-state index contributed by atoms with van der Waals surface area (Å²) in [5.74, 6) is 1.27. The van der Waals surface area contributed by atoms with Gasteiger partial charge in [0.05, 0.1) is 0 Å². The number of pyridine rings is 1. The van der Waals surface area contributed by atoms with Crippen molar-refractivity contribution in [3.05, 3.63) is 48.2 Å². The molecule has 2 aromatic rings. The van der Waals surface area contributed by atoms with Crippen molar-refractivity contribution < 1.29 is 14.3 Å². The Bertz CT molecular complexity index is 601. The number of hydrogen-bond donors (Lipinski definition) is 0. The second-order valence-corrected chi connectivity index (χ2v) is 5.14. The van der Waals surface area contributed by atoms with Crippen LogP contribution in [0.3, 0.4) is 0 Å². The van der Waals surface area contributed by atoms with Crippen LogP contribution in [-0.2, 0) is 16.0 Å². The topological polar surface area (TPSA) is 48.4 Å². The van der Waals surface area contributed by atoms with Crippen molar-refractivity contribution in [2.75, 3.05) is 7.11 Å².